The zero-order chi connectivity index (χ0) is 9.80. The minimum atomic E-state index is 0.777. The van der Waals surface area contributed by atoms with E-state index in [-0.39, 0.29) is 0 Å². The quantitative estimate of drug-likeness (QED) is 0.792. The van der Waals surface area contributed by atoms with E-state index >= 15 is 0 Å². The fourth-order valence-corrected chi connectivity index (χ4v) is 1.22. The van der Waals surface area contributed by atoms with E-state index in [0.29, 0.717) is 0 Å². The molecule has 0 bridgehead atoms. The number of benzene rings is 1. The summed E-state index contributed by atoms with van der Waals surface area (Å²) in [5, 5.41) is 11.0. The van der Waals surface area contributed by atoms with Crippen LogP contribution in [0.15, 0.2) is 36.5 Å². The molecule has 0 aliphatic rings. The lowest BCUT2D eigenvalue weighted by molar-refractivity contribution is 0.715. The minimum absolute atomic E-state index is 0.777. The summed E-state index contributed by atoms with van der Waals surface area (Å²) in [6, 6.07) is 10.2. The van der Waals surface area contributed by atoms with Gasteiger partial charge in [0.25, 0.3) is 0 Å². The Morgan fingerprint density at radius 1 is 1.29 bits per heavy atom. The zero-order valence-electron chi connectivity index (χ0n) is 8.01. The summed E-state index contributed by atoms with van der Waals surface area (Å²) in [4.78, 5) is 0. The number of nitrogens with one attached hydrogen (secondary N) is 1. The lowest BCUT2D eigenvalue weighted by Crippen LogP contribution is -1.98. The van der Waals surface area contributed by atoms with Gasteiger partial charge in [0.2, 0.25) is 0 Å². The van der Waals surface area contributed by atoms with Gasteiger partial charge in [0.1, 0.15) is 0 Å². The average Bonchev–Trinajstić information content (AvgIpc) is 2.63. The molecule has 0 unspecified atom stereocenters. The van der Waals surface area contributed by atoms with E-state index in [1.54, 1.807) is 4.68 Å². The van der Waals surface area contributed by atoms with Gasteiger partial charge in [0.05, 0.1) is 6.20 Å². The largest absolute Gasteiger partial charge is 0.363 e. The Kier molecular flexibility index (Phi) is 2.44. The average molecular weight is 188 g/mol. The van der Waals surface area contributed by atoms with Crippen molar-refractivity contribution in [2.45, 2.75) is 6.54 Å². The Morgan fingerprint density at radius 3 is 2.71 bits per heavy atom. The smallest absolute Gasteiger partial charge is 0.168 e. The topological polar surface area (TPSA) is 42.7 Å². The van der Waals surface area contributed by atoms with Gasteiger partial charge in [-0.25, -0.2) is 0 Å². The van der Waals surface area contributed by atoms with Crippen LogP contribution in [-0.4, -0.2) is 15.0 Å². The van der Waals surface area contributed by atoms with E-state index in [4.69, 9.17) is 0 Å². The Bertz CT molecular complexity index is 394. The fourth-order valence-electron chi connectivity index (χ4n) is 1.22. The molecule has 4 heteroatoms. The molecule has 0 saturated heterocycles. The molecule has 4 nitrogen and oxygen atoms in total. The van der Waals surface area contributed by atoms with E-state index in [9.17, 15) is 0 Å². The Morgan fingerprint density at radius 2 is 2.07 bits per heavy atom. The molecule has 0 radical (unpaired) electrons. The first kappa shape index (κ1) is 8.74. The van der Waals surface area contributed by atoms with Gasteiger partial charge in [-0.05, 0) is 5.56 Å². The van der Waals surface area contributed by atoms with Gasteiger partial charge < -0.3 is 5.32 Å². The minimum Gasteiger partial charge on any atom is -0.363 e. The van der Waals surface area contributed by atoms with E-state index in [0.717, 1.165) is 12.4 Å². The molecule has 0 aliphatic carbocycles. The number of rotatable bonds is 3. The van der Waals surface area contributed by atoms with Crippen LogP contribution in [0.25, 0.3) is 0 Å². The molecule has 1 N–H and O–H groups in total. The second-order valence-electron chi connectivity index (χ2n) is 3.12. The highest BCUT2D eigenvalue weighted by Gasteiger charge is 1.96. The van der Waals surface area contributed by atoms with Crippen LogP contribution in [0.1, 0.15) is 5.56 Å². The summed E-state index contributed by atoms with van der Waals surface area (Å²) in [5.41, 5.74) is 1.23. The summed E-state index contributed by atoms with van der Waals surface area (Å²) >= 11 is 0. The van der Waals surface area contributed by atoms with E-state index < -0.39 is 0 Å². The van der Waals surface area contributed by atoms with E-state index in [2.05, 4.69) is 27.8 Å². The molecule has 2 rings (SSSR count). The number of nitrogens with zero attached hydrogens (tertiary/aromatic N) is 3. The predicted octanol–water partition coefficient (Wildman–Crippen LogP) is 1.43. The van der Waals surface area contributed by atoms with Crippen molar-refractivity contribution in [1.82, 2.24) is 15.0 Å². The van der Waals surface area contributed by atoms with Gasteiger partial charge in [-0.1, -0.05) is 35.5 Å². The van der Waals surface area contributed by atoms with Crippen molar-refractivity contribution in [3.63, 3.8) is 0 Å². The fraction of sp³-hybridized carbons (Fsp3) is 0.200. The maximum atomic E-state index is 3.93. The Labute approximate surface area is 82.6 Å². The lowest BCUT2D eigenvalue weighted by Gasteiger charge is -2.01. The summed E-state index contributed by atoms with van der Waals surface area (Å²) in [7, 11) is 1.85. The monoisotopic (exact) mass is 188 g/mol. The second-order valence-corrected chi connectivity index (χ2v) is 3.12. The van der Waals surface area contributed by atoms with Gasteiger partial charge in [-0.2, -0.15) is 0 Å². The molecule has 0 fully saturated rings. The number of aryl methyl sites for hydroxylation is 1. The van der Waals surface area contributed by atoms with Crippen molar-refractivity contribution in [2.24, 2.45) is 7.05 Å². The van der Waals surface area contributed by atoms with Crippen molar-refractivity contribution in [3.05, 3.63) is 42.1 Å². The first-order valence-corrected chi connectivity index (χ1v) is 4.49. The van der Waals surface area contributed by atoms with Crippen LogP contribution in [0.5, 0.6) is 0 Å². The zero-order valence-corrected chi connectivity index (χ0v) is 8.01. The van der Waals surface area contributed by atoms with Crippen LogP contribution in [0.2, 0.25) is 0 Å². The predicted molar refractivity (Wildman–Crippen MR) is 54.8 cm³/mol. The Balaban J connectivity index is 1.95. The molecule has 1 heterocycles. The summed E-state index contributed by atoms with van der Waals surface area (Å²) in [6.45, 7) is 0.777. The van der Waals surface area contributed by atoms with Crippen molar-refractivity contribution >= 4 is 5.82 Å². The van der Waals surface area contributed by atoms with Crippen molar-refractivity contribution in [2.75, 3.05) is 5.32 Å². The lowest BCUT2D eigenvalue weighted by atomic mass is 10.2. The van der Waals surface area contributed by atoms with Crippen LogP contribution in [0.3, 0.4) is 0 Å². The first-order valence-electron chi connectivity index (χ1n) is 4.49. The van der Waals surface area contributed by atoms with Gasteiger partial charge in [-0.3, -0.25) is 4.68 Å². The molecular weight excluding hydrogens is 176 g/mol. The molecule has 0 amide bonds. The second kappa shape index (κ2) is 3.91. The molecule has 0 saturated carbocycles. The van der Waals surface area contributed by atoms with Crippen LogP contribution < -0.4 is 5.32 Å². The third-order valence-corrected chi connectivity index (χ3v) is 1.92. The summed E-state index contributed by atoms with van der Waals surface area (Å²) in [6.07, 6.45) is 1.85. The van der Waals surface area contributed by atoms with E-state index in [1.165, 1.54) is 5.56 Å². The first-order chi connectivity index (χ1) is 6.84. The normalized spacial score (nSPS) is 10.1. The highest BCUT2D eigenvalue weighted by Crippen LogP contribution is 2.03. The van der Waals surface area contributed by atoms with Crippen LogP contribution in [0, 0.1) is 0 Å². The number of anilines is 1. The molecule has 72 valence electrons. The molecule has 2 aromatic rings. The van der Waals surface area contributed by atoms with Gasteiger partial charge >= 0.3 is 0 Å². The van der Waals surface area contributed by atoms with Crippen LogP contribution >= 0.6 is 0 Å². The maximum absolute atomic E-state index is 3.93. The molecular formula is C10H12N4. The van der Waals surface area contributed by atoms with Crippen molar-refractivity contribution in [1.29, 1.82) is 0 Å². The number of aromatic nitrogens is 3. The van der Waals surface area contributed by atoms with Gasteiger partial charge in [0, 0.05) is 13.6 Å². The number of hydrogen-bond acceptors (Lipinski definition) is 3. The van der Waals surface area contributed by atoms with E-state index in [1.807, 2.05) is 31.4 Å². The third-order valence-electron chi connectivity index (χ3n) is 1.92. The highest BCUT2D eigenvalue weighted by atomic mass is 15.4. The highest BCUT2D eigenvalue weighted by molar-refractivity contribution is 5.31. The Hall–Kier alpha value is -1.84. The molecule has 1 aromatic carbocycles. The van der Waals surface area contributed by atoms with Gasteiger partial charge in [0.15, 0.2) is 5.82 Å². The summed E-state index contributed by atoms with van der Waals surface area (Å²) in [5.74, 6) is 0.802. The van der Waals surface area contributed by atoms with Gasteiger partial charge in [-0.15, -0.1) is 5.10 Å². The van der Waals surface area contributed by atoms with Crippen molar-refractivity contribution < 1.29 is 0 Å². The van der Waals surface area contributed by atoms with Crippen LogP contribution in [0.4, 0.5) is 5.82 Å². The molecule has 0 aliphatic heterocycles. The molecule has 0 atom stereocenters. The number of hydrogen-bond donors (Lipinski definition) is 1. The molecule has 0 spiro atoms. The molecule has 14 heavy (non-hydrogen) atoms. The standard InChI is InChI=1S/C10H12N4/c1-14-8-10(12-13-14)11-7-9-5-3-2-4-6-9/h2-6,8,11H,7H2,1H3. The van der Waals surface area contributed by atoms with Crippen molar-refractivity contribution in [3.8, 4) is 0 Å². The summed E-state index contributed by atoms with van der Waals surface area (Å²) < 4.78 is 1.67. The maximum Gasteiger partial charge on any atom is 0.168 e. The SMILES string of the molecule is Cn1cc(NCc2ccccc2)nn1. The molecule has 1 aromatic heterocycles. The van der Waals surface area contributed by atoms with Crippen LogP contribution in [-0.2, 0) is 13.6 Å². The third kappa shape index (κ3) is 2.10.